The van der Waals surface area contributed by atoms with Crippen molar-refractivity contribution in [2.75, 3.05) is 18.9 Å². The summed E-state index contributed by atoms with van der Waals surface area (Å²) in [5, 5.41) is 4.03. The third kappa shape index (κ3) is 4.06. The van der Waals surface area contributed by atoms with Crippen LogP contribution >= 0.6 is 11.3 Å². The first-order chi connectivity index (χ1) is 11.9. The lowest BCUT2D eigenvalue weighted by molar-refractivity contribution is -0.117. The summed E-state index contributed by atoms with van der Waals surface area (Å²) in [4.78, 5) is 19.1. The number of aromatic nitrogens is 1. The van der Waals surface area contributed by atoms with Crippen molar-refractivity contribution in [1.29, 1.82) is 0 Å². The molecule has 0 radical (unpaired) electrons. The molecule has 0 saturated carbocycles. The van der Waals surface area contributed by atoms with E-state index >= 15 is 0 Å². The summed E-state index contributed by atoms with van der Waals surface area (Å²) in [6, 6.07) is 14.2. The first kappa shape index (κ1) is 17.6. The Morgan fingerprint density at radius 2 is 2.00 bits per heavy atom. The molecular weight excluding hydrogens is 330 g/mol. The molecule has 2 aromatic carbocycles. The van der Waals surface area contributed by atoms with Gasteiger partial charge in [-0.3, -0.25) is 9.69 Å². The van der Waals surface area contributed by atoms with Gasteiger partial charge in [0.2, 0.25) is 5.91 Å². The number of carbonyl (C=O) groups is 1. The molecule has 1 N–H and O–H groups in total. The second kappa shape index (κ2) is 7.33. The quantitative estimate of drug-likeness (QED) is 0.732. The second-order valence-electron chi connectivity index (χ2n) is 6.48. The van der Waals surface area contributed by atoms with Crippen LogP contribution in [0.3, 0.4) is 0 Å². The number of nitrogens with zero attached hydrogens (tertiary/aromatic N) is 2. The number of amides is 1. The lowest BCUT2D eigenvalue weighted by atomic mass is 10.1. The van der Waals surface area contributed by atoms with Crippen LogP contribution in [0.25, 0.3) is 10.2 Å². The van der Waals surface area contributed by atoms with E-state index in [2.05, 4.69) is 24.4 Å². The Morgan fingerprint density at radius 3 is 2.72 bits per heavy atom. The van der Waals surface area contributed by atoms with Gasteiger partial charge in [-0.2, -0.15) is 0 Å². The van der Waals surface area contributed by atoms with Crippen LogP contribution in [0.2, 0.25) is 0 Å². The van der Waals surface area contributed by atoms with E-state index in [-0.39, 0.29) is 11.9 Å². The zero-order chi connectivity index (χ0) is 18.0. The second-order valence-corrected chi connectivity index (χ2v) is 7.54. The number of likely N-dealkylation sites (N-methyl/N-ethyl adjacent to an activating group) is 1. The number of rotatable bonds is 5. The summed E-state index contributed by atoms with van der Waals surface area (Å²) in [5.74, 6) is -0.0117. The van der Waals surface area contributed by atoms with E-state index in [4.69, 9.17) is 4.98 Å². The van der Waals surface area contributed by atoms with E-state index in [1.54, 1.807) is 11.3 Å². The van der Waals surface area contributed by atoms with Crippen molar-refractivity contribution >= 4 is 33.1 Å². The summed E-state index contributed by atoms with van der Waals surface area (Å²) in [7, 11) is 1.96. The van der Waals surface area contributed by atoms with Crippen LogP contribution in [0, 0.1) is 13.8 Å². The molecule has 0 saturated heterocycles. The van der Waals surface area contributed by atoms with E-state index in [0.717, 1.165) is 21.8 Å². The predicted molar refractivity (Wildman–Crippen MR) is 105 cm³/mol. The molecule has 1 aromatic heterocycles. The molecule has 1 atom stereocenters. The molecule has 1 amide bonds. The van der Waals surface area contributed by atoms with Crippen molar-refractivity contribution in [3.8, 4) is 0 Å². The van der Waals surface area contributed by atoms with Gasteiger partial charge in [0.15, 0.2) is 0 Å². The van der Waals surface area contributed by atoms with Gasteiger partial charge in [-0.1, -0.05) is 29.8 Å². The van der Waals surface area contributed by atoms with E-state index in [1.165, 1.54) is 10.3 Å². The summed E-state index contributed by atoms with van der Waals surface area (Å²) in [5.41, 5.74) is 4.16. The highest BCUT2D eigenvalue weighted by molar-refractivity contribution is 7.18. The number of thiazole rings is 1. The molecule has 0 bridgehead atoms. The van der Waals surface area contributed by atoms with Gasteiger partial charge in [0, 0.05) is 5.69 Å². The molecule has 5 heteroatoms. The fourth-order valence-electron chi connectivity index (χ4n) is 2.76. The topological polar surface area (TPSA) is 45.2 Å². The zero-order valence-electron chi connectivity index (χ0n) is 15.0. The van der Waals surface area contributed by atoms with E-state index in [1.807, 2.05) is 56.1 Å². The van der Waals surface area contributed by atoms with Gasteiger partial charge in [-0.15, -0.1) is 11.3 Å². The summed E-state index contributed by atoms with van der Waals surface area (Å²) in [6.07, 6.45) is 0. The molecule has 4 nitrogen and oxygen atoms in total. The molecule has 0 aliphatic rings. The summed E-state index contributed by atoms with van der Waals surface area (Å²) >= 11 is 1.68. The van der Waals surface area contributed by atoms with Gasteiger partial charge >= 0.3 is 0 Å². The number of benzene rings is 2. The highest BCUT2D eigenvalue weighted by Gasteiger charge is 2.18. The molecule has 1 heterocycles. The highest BCUT2D eigenvalue weighted by Crippen LogP contribution is 2.28. The third-order valence-electron chi connectivity index (χ3n) is 4.38. The van der Waals surface area contributed by atoms with Crippen LogP contribution < -0.4 is 5.32 Å². The molecule has 25 heavy (non-hydrogen) atoms. The maximum Gasteiger partial charge on any atom is 0.238 e. The molecule has 0 aliphatic carbocycles. The van der Waals surface area contributed by atoms with Gasteiger partial charge in [-0.05, 0) is 51.6 Å². The average molecular weight is 353 g/mol. The van der Waals surface area contributed by atoms with Crippen molar-refractivity contribution in [3.05, 3.63) is 58.6 Å². The van der Waals surface area contributed by atoms with E-state index < -0.39 is 0 Å². The van der Waals surface area contributed by atoms with Crippen LogP contribution in [0.1, 0.15) is 29.1 Å². The van der Waals surface area contributed by atoms with Crippen LogP contribution in [0.4, 0.5) is 5.69 Å². The van der Waals surface area contributed by atoms with Crippen LogP contribution in [0.15, 0.2) is 42.5 Å². The maximum atomic E-state index is 12.4. The minimum atomic E-state index is -0.0117. The highest BCUT2D eigenvalue weighted by atomic mass is 32.1. The van der Waals surface area contributed by atoms with E-state index in [0.29, 0.717) is 6.54 Å². The van der Waals surface area contributed by atoms with Crippen molar-refractivity contribution in [1.82, 2.24) is 9.88 Å². The minimum absolute atomic E-state index is 0.0117. The molecule has 0 fully saturated rings. The number of anilines is 1. The van der Waals surface area contributed by atoms with Gasteiger partial charge in [-0.25, -0.2) is 4.98 Å². The van der Waals surface area contributed by atoms with Crippen LogP contribution in [-0.4, -0.2) is 29.4 Å². The van der Waals surface area contributed by atoms with Crippen molar-refractivity contribution in [3.63, 3.8) is 0 Å². The predicted octanol–water partition coefficient (Wildman–Crippen LogP) is 4.54. The maximum absolute atomic E-state index is 12.4. The number of nitrogens with one attached hydrogen (secondary N) is 1. The molecule has 0 unspecified atom stereocenters. The van der Waals surface area contributed by atoms with Gasteiger partial charge in [0.1, 0.15) is 5.01 Å². The largest absolute Gasteiger partial charge is 0.325 e. The Hall–Kier alpha value is -2.24. The van der Waals surface area contributed by atoms with Gasteiger partial charge in [0.25, 0.3) is 0 Å². The van der Waals surface area contributed by atoms with Crippen LogP contribution in [0.5, 0.6) is 0 Å². The first-order valence-electron chi connectivity index (χ1n) is 8.37. The standard InChI is InChI=1S/C20H23N3OS/c1-13-9-10-16(14(2)11-13)21-19(24)12-23(4)15(3)20-22-17-7-5-6-8-18(17)25-20/h5-11,15H,12H2,1-4H3,(H,21,24)/t15-/m0/s1. The lowest BCUT2D eigenvalue weighted by Crippen LogP contribution is -2.32. The number of hydrogen-bond donors (Lipinski definition) is 1. The number of carbonyl (C=O) groups excluding carboxylic acids is 1. The molecule has 130 valence electrons. The number of para-hydroxylation sites is 1. The monoisotopic (exact) mass is 353 g/mol. The average Bonchev–Trinajstić information content (AvgIpc) is 3.00. The minimum Gasteiger partial charge on any atom is -0.325 e. The van der Waals surface area contributed by atoms with Crippen molar-refractivity contribution in [2.24, 2.45) is 0 Å². The third-order valence-corrected chi connectivity index (χ3v) is 5.58. The Bertz CT molecular complexity index is 870. The molecule has 0 spiro atoms. The van der Waals surface area contributed by atoms with Crippen LogP contribution in [-0.2, 0) is 4.79 Å². The Kier molecular flexibility index (Phi) is 5.16. The molecule has 3 rings (SSSR count). The number of fused-ring (bicyclic) bond motifs is 1. The van der Waals surface area contributed by atoms with Crippen molar-refractivity contribution in [2.45, 2.75) is 26.8 Å². The SMILES string of the molecule is Cc1ccc(NC(=O)CN(C)[C@@H](C)c2nc3ccccc3s2)c(C)c1. The fourth-order valence-corrected chi connectivity index (χ4v) is 3.85. The zero-order valence-corrected chi connectivity index (χ0v) is 15.9. The number of aryl methyl sites for hydroxylation is 2. The molecule has 3 aromatic rings. The van der Waals surface area contributed by atoms with Gasteiger partial charge in [0.05, 0.1) is 22.8 Å². The van der Waals surface area contributed by atoms with Crippen molar-refractivity contribution < 1.29 is 4.79 Å². The Balaban J connectivity index is 1.66. The Labute approximate surface area is 152 Å². The van der Waals surface area contributed by atoms with E-state index in [9.17, 15) is 4.79 Å². The smallest absolute Gasteiger partial charge is 0.238 e. The summed E-state index contributed by atoms with van der Waals surface area (Å²) in [6.45, 7) is 6.47. The molecular formula is C20H23N3OS. The normalized spacial score (nSPS) is 12.5. The lowest BCUT2D eigenvalue weighted by Gasteiger charge is -2.22. The molecule has 0 aliphatic heterocycles. The Morgan fingerprint density at radius 1 is 1.24 bits per heavy atom. The fraction of sp³-hybridized carbons (Fsp3) is 0.300. The number of hydrogen-bond acceptors (Lipinski definition) is 4. The summed E-state index contributed by atoms with van der Waals surface area (Å²) < 4.78 is 1.18. The van der Waals surface area contributed by atoms with Gasteiger partial charge < -0.3 is 5.32 Å². The first-order valence-corrected chi connectivity index (χ1v) is 9.18.